The maximum atomic E-state index is 12.3. The number of hydrogen-bond donors (Lipinski definition) is 2. The topological polar surface area (TPSA) is 111 Å². The molecule has 1 fully saturated rings. The highest BCUT2D eigenvalue weighted by Crippen LogP contribution is 2.23. The molecule has 1 aromatic rings. The van der Waals surface area contributed by atoms with Gasteiger partial charge in [0.1, 0.15) is 5.69 Å². The lowest BCUT2D eigenvalue weighted by Crippen LogP contribution is -2.43. The minimum atomic E-state index is -0.461. The van der Waals surface area contributed by atoms with E-state index in [0.717, 1.165) is 19.3 Å². The number of hydrogen-bond acceptors (Lipinski definition) is 6. The summed E-state index contributed by atoms with van der Waals surface area (Å²) in [5, 5.41) is 13.8. The summed E-state index contributed by atoms with van der Waals surface area (Å²) in [5.41, 5.74) is 5.76. The van der Waals surface area contributed by atoms with Crippen molar-refractivity contribution in [2.24, 2.45) is 5.73 Å². The summed E-state index contributed by atoms with van der Waals surface area (Å²) in [7, 11) is 0. The van der Waals surface area contributed by atoms with E-state index in [2.05, 4.69) is 5.32 Å². The van der Waals surface area contributed by atoms with Gasteiger partial charge in [-0.15, -0.1) is 12.4 Å². The van der Waals surface area contributed by atoms with Gasteiger partial charge in [0.15, 0.2) is 0 Å². The summed E-state index contributed by atoms with van der Waals surface area (Å²) in [6.45, 7) is 2.61. The first-order chi connectivity index (χ1) is 11.6. The number of nitrogens with one attached hydrogen (secondary N) is 1. The predicted octanol–water partition coefficient (Wildman–Crippen LogP) is 1.78. The maximum absolute atomic E-state index is 12.3. The molecular formula is C16H25ClN4O4. The summed E-state index contributed by atoms with van der Waals surface area (Å²) in [6, 6.07) is 6.31. The molecule has 1 aliphatic rings. The second kappa shape index (κ2) is 10.9. The van der Waals surface area contributed by atoms with Gasteiger partial charge >= 0.3 is 0 Å². The van der Waals surface area contributed by atoms with Crippen LogP contribution in [0.4, 0.5) is 11.4 Å². The van der Waals surface area contributed by atoms with E-state index >= 15 is 0 Å². The van der Waals surface area contributed by atoms with Crippen molar-refractivity contribution in [3.8, 4) is 0 Å². The molecule has 0 bridgehead atoms. The molecule has 0 aromatic heterocycles. The average molecular weight is 373 g/mol. The Morgan fingerprint density at radius 1 is 1.36 bits per heavy atom. The highest BCUT2D eigenvalue weighted by Gasteiger charge is 2.23. The number of nitrogens with two attached hydrogens (primary N) is 1. The third kappa shape index (κ3) is 6.49. The van der Waals surface area contributed by atoms with Crippen molar-refractivity contribution in [2.75, 3.05) is 38.1 Å². The van der Waals surface area contributed by atoms with Crippen LogP contribution in [0.15, 0.2) is 24.3 Å². The Balaban J connectivity index is 0.00000312. The third-order valence-electron chi connectivity index (χ3n) is 4.03. The number of piperidine rings is 1. The Labute approximate surface area is 153 Å². The van der Waals surface area contributed by atoms with Gasteiger partial charge in [0.25, 0.3) is 5.69 Å². The number of likely N-dealkylation sites (tertiary alicyclic amines) is 1. The first-order valence-electron chi connectivity index (χ1n) is 8.18. The Hall–Kier alpha value is -1.90. The van der Waals surface area contributed by atoms with Crippen LogP contribution in [-0.2, 0) is 9.53 Å². The van der Waals surface area contributed by atoms with Crippen LogP contribution in [0.1, 0.15) is 19.3 Å². The maximum Gasteiger partial charge on any atom is 0.292 e. The summed E-state index contributed by atoms with van der Waals surface area (Å²) in [6.07, 6.45) is 2.64. The van der Waals surface area contributed by atoms with E-state index in [0.29, 0.717) is 31.9 Å². The lowest BCUT2D eigenvalue weighted by atomic mass is 10.1. The van der Waals surface area contributed by atoms with Crippen molar-refractivity contribution in [2.45, 2.75) is 25.4 Å². The van der Waals surface area contributed by atoms with Crippen molar-refractivity contribution in [1.29, 1.82) is 0 Å². The van der Waals surface area contributed by atoms with Crippen molar-refractivity contribution in [1.82, 2.24) is 4.90 Å². The fraction of sp³-hybridized carbons (Fsp3) is 0.562. The van der Waals surface area contributed by atoms with Crippen LogP contribution in [0.5, 0.6) is 0 Å². The van der Waals surface area contributed by atoms with E-state index in [4.69, 9.17) is 10.5 Å². The molecule has 0 atom stereocenters. The Bertz CT molecular complexity index is 565. The number of benzene rings is 1. The fourth-order valence-electron chi connectivity index (χ4n) is 2.67. The zero-order chi connectivity index (χ0) is 17.4. The molecule has 3 N–H and O–H groups in total. The molecule has 1 amide bonds. The SMILES string of the molecule is Cl.NCCCOC1CCN(C(=O)CNc2ccccc2[N+](=O)[O-])CC1. The van der Waals surface area contributed by atoms with E-state index in [1.165, 1.54) is 6.07 Å². The van der Waals surface area contributed by atoms with Crippen LogP contribution in [0, 0.1) is 10.1 Å². The van der Waals surface area contributed by atoms with Gasteiger partial charge in [-0.2, -0.15) is 0 Å². The van der Waals surface area contributed by atoms with Gasteiger partial charge in [-0.3, -0.25) is 14.9 Å². The standard InChI is InChI=1S/C16H24N4O4.ClH/c17-8-3-11-24-13-6-9-19(10-7-13)16(21)12-18-14-4-1-2-5-15(14)20(22)23;/h1-2,4-5,13,18H,3,6-12,17H2;1H. The van der Waals surface area contributed by atoms with Gasteiger partial charge in [-0.1, -0.05) is 12.1 Å². The molecule has 0 unspecified atom stereocenters. The smallest absolute Gasteiger partial charge is 0.292 e. The first kappa shape index (κ1) is 21.1. The number of amides is 1. The molecule has 0 aliphatic carbocycles. The van der Waals surface area contributed by atoms with E-state index in [-0.39, 0.29) is 36.7 Å². The molecule has 0 spiro atoms. The van der Waals surface area contributed by atoms with E-state index < -0.39 is 4.92 Å². The van der Waals surface area contributed by atoms with Crippen molar-refractivity contribution in [3.63, 3.8) is 0 Å². The zero-order valence-corrected chi connectivity index (χ0v) is 14.9. The molecule has 1 aliphatic heterocycles. The van der Waals surface area contributed by atoms with Crippen LogP contribution in [-0.4, -0.2) is 54.6 Å². The van der Waals surface area contributed by atoms with Gasteiger partial charge in [0.2, 0.25) is 5.91 Å². The molecular weight excluding hydrogens is 348 g/mol. The largest absolute Gasteiger partial charge is 0.378 e. The Kier molecular flexibility index (Phi) is 9.18. The zero-order valence-electron chi connectivity index (χ0n) is 14.1. The molecule has 0 radical (unpaired) electrons. The first-order valence-corrected chi connectivity index (χ1v) is 8.18. The lowest BCUT2D eigenvalue weighted by molar-refractivity contribution is -0.383. The predicted molar refractivity (Wildman–Crippen MR) is 98.1 cm³/mol. The van der Waals surface area contributed by atoms with Crippen LogP contribution in [0.3, 0.4) is 0 Å². The molecule has 2 rings (SSSR count). The highest BCUT2D eigenvalue weighted by atomic mass is 35.5. The number of rotatable bonds is 8. The summed E-state index contributed by atoms with van der Waals surface area (Å²) >= 11 is 0. The number of para-hydroxylation sites is 2. The number of nitro benzene ring substituents is 1. The Morgan fingerprint density at radius 3 is 2.68 bits per heavy atom. The molecule has 9 heteroatoms. The molecule has 140 valence electrons. The van der Waals surface area contributed by atoms with Crippen molar-refractivity contribution >= 4 is 29.7 Å². The normalized spacial score (nSPS) is 14.7. The Morgan fingerprint density at radius 2 is 2.04 bits per heavy atom. The number of halogens is 1. The van der Waals surface area contributed by atoms with Crippen molar-refractivity contribution < 1.29 is 14.5 Å². The number of carbonyl (C=O) groups excluding carboxylic acids is 1. The fourth-order valence-corrected chi connectivity index (χ4v) is 2.67. The molecule has 1 saturated heterocycles. The monoisotopic (exact) mass is 372 g/mol. The van der Waals surface area contributed by atoms with Gasteiger partial charge < -0.3 is 20.7 Å². The minimum absolute atomic E-state index is 0. The second-order valence-corrected chi connectivity index (χ2v) is 5.72. The van der Waals surface area contributed by atoms with Gasteiger partial charge in [-0.05, 0) is 31.9 Å². The van der Waals surface area contributed by atoms with Crippen LogP contribution >= 0.6 is 12.4 Å². The second-order valence-electron chi connectivity index (χ2n) is 5.72. The van der Waals surface area contributed by atoms with Crippen molar-refractivity contribution in [3.05, 3.63) is 34.4 Å². The average Bonchev–Trinajstić information content (AvgIpc) is 2.60. The quantitative estimate of drug-likeness (QED) is 0.409. The van der Waals surface area contributed by atoms with Crippen LogP contribution in [0.2, 0.25) is 0 Å². The summed E-state index contributed by atoms with van der Waals surface area (Å²) < 4.78 is 5.71. The third-order valence-corrected chi connectivity index (χ3v) is 4.03. The van der Waals surface area contributed by atoms with Gasteiger partial charge in [0.05, 0.1) is 17.6 Å². The van der Waals surface area contributed by atoms with E-state index in [1.54, 1.807) is 23.1 Å². The molecule has 1 aromatic carbocycles. The van der Waals surface area contributed by atoms with Crippen LogP contribution in [0.25, 0.3) is 0 Å². The van der Waals surface area contributed by atoms with Crippen LogP contribution < -0.4 is 11.1 Å². The number of carbonyl (C=O) groups is 1. The summed E-state index contributed by atoms with van der Waals surface area (Å²) in [4.78, 5) is 24.5. The lowest BCUT2D eigenvalue weighted by Gasteiger charge is -2.32. The van der Waals surface area contributed by atoms with E-state index in [1.807, 2.05) is 0 Å². The van der Waals surface area contributed by atoms with E-state index in [9.17, 15) is 14.9 Å². The molecule has 1 heterocycles. The van der Waals surface area contributed by atoms with Gasteiger partial charge in [0, 0.05) is 25.8 Å². The minimum Gasteiger partial charge on any atom is -0.378 e. The summed E-state index contributed by atoms with van der Waals surface area (Å²) in [5.74, 6) is -0.0615. The molecule has 0 saturated carbocycles. The molecule has 8 nitrogen and oxygen atoms in total. The highest BCUT2D eigenvalue weighted by molar-refractivity contribution is 5.85. The number of nitrogens with zero attached hydrogens (tertiary/aromatic N) is 2. The number of anilines is 1. The number of ether oxygens (including phenoxy) is 1. The molecule has 25 heavy (non-hydrogen) atoms. The van der Waals surface area contributed by atoms with Gasteiger partial charge in [-0.25, -0.2) is 0 Å². The number of nitro groups is 1.